The molecule has 3 amide bonds. The van der Waals surface area contributed by atoms with Crippen molar-refractivity contribution in [3.05, 3.63) is 87.9 Å². The monoisotopic (exact) mass is 438 g/mol. The highest BCUT2D eigenvalue weighted by Gasteiger charge is 2.48. The minimum Gasteiger partial charge on any atom is -0.323 e. The lowest BCUT2D eigenvalue weighted by atomic mass is 9.91. The van der Waals surface area contributed by atoms with Gasteiger partial charge in [-0.3, -0.25) is 4.79 Å². The van der Waals surface area contributed by atoms with E-state index in [4.69, 9.17) is 23.2 Å². The minimum atomic E-state index is -1.06. The summed E-state index contributed by atoms with van der Waals surface area (Å²) in [5.74, 6) is -0.339. The van der Waals surface area contributed by atoms with Crippen LogP contribution in [0, 0.1) is 6.92 Å². The van der Waals surface area contributed by atoms with Gasteiger partial charge in [0.05, 0.1) is 5.69 Å². The van der Waals surface area contributed by atoms with Crippen molar-refractivity contribution in [3.63, 3.8) is 0 Å². The van der Waals surface area contributed by atoms with Crippen molar-refractivity contribution in [2.45, 2.75) is 25.8 Å². The van der Waals surface area contributed by atoms with Crippen LogP contribution in [-0.2, 0) is 11.2 Å². The van der Waals surface area contributed by atoms with Gasteiger partial charge in [0, 0.05) is 16.5 Å². The van der Waals surface area contributed by atoms with Crippen LogP contribution in [-0.4, -0.2) is 17.5 Å². The standard InChI is InChI=1S/C24H20Cl2N2O2/c1-15-5-3-4-6-21(15)17-9-7-16(8-10-17)14-24(2)22(29)28(23(30)27-24)20-12-18(25)11-19(26)13-20/h3-13H,14H2,1-2H3,(H,27,30). The van der Waals surface area contributed by atoms with E-state index in [2.05, 4.69) is 24.4 Å². The van der Waals surface area contributed by atoms with Gasteiger partial charge in [0.15, 0.2) is 0 Å². The van der Waals surface area contributed by atoms with Crippen LogP contribution >= 0.6 is 23.2 Å². The topological polar surface area (TPSA) is 49.4 Å². The third kappa shape index (κ3) is 3.81. The Labute approximate surface area is 185 Å². The van der Waals surface area contributed by atoms with Crippen LogP contribution in [0.15, 0.2) is 66.7 Å². The Bertz CT molecular complexity index is 1120. The van der Waals surface area contributed by atoms with Gasteiger partial charge in [-0.15, -0.1) is 0 Å². The zero-order valence-corrected chi connectivity index (χ0v) is 18.1. The second kappa shape index (κ2) is 7.78. The zero-order valence-electron chi connectivity index (χ0n) is 16.6. The molecule has 4 nitrogen and oxygen atoms in total. The summed E-state index contributed by atoms with van der Waals surface area (Å²) in [7, 11) is 0. The van der Waals surface area contributed by atoms with E-state index < -0.39 is 11.6 Å². The van der Waals surface area contributed by atoms with E-state index in [-0.39, 0.29) is 5.91 Å². The van der Waals surface area contributed by atoms with E-state index in [1.165, 1.54) is 11.1 Å². The Morgan fingerprint density at radius 3 is 2.20 bits per heavy atom. The third-order valence-electron chi connectivity index (χ3n) is 5.33. The average Bonchev–Trinajstić information content (AvgIpc) is 2.90. The van der Waals surface area contributed by atoms with Crippen molar-refractivity contribution in [2.24, 2.45) is 0 Å². The Morgan fingerprint density at radius 2 is 1.57 bits per heavy atom. The highest BCUT2D eigenvalue weighted by molar-refractivity contribution is 6.35. The molecule has 1 atom stereocenters. The Morgan fingerprint density at radius 1 is 0.933 bits per heavy atom. The molecule has 0 aromatic heterocycles. The first-order valence-corrected chi connectivity index (χ1v) is 10.3. The largest absolute Gasteiger partial charge is 0.329 e. The number of urea groups is 1. The second-order valence-corrected chi connectivity index (χ2v) is 8.59. The number of carbonyl (C=O) groups excluding carboxylic acids is 2. The Balaban J connectivity index is 1.58. The number of halogens is 2. The maximum Gasteiger partial charge on any atom is 0.329 e. The summed E-state index contributed by atoms with van der Waals surface area (Å²) in [6, 6.07) is 20.4. The molecule has 0 aliphatic carbocycles. The molecule has 0 bridgehead atoms. The van der Waals surface area contributed by atoms with Crippen LogP contribution in [0.25, 0.3) is 11.1 Å². The predicted octanol–water partition coefficient (Wildman–Crippen LogP) is 6.03. The fraction of sp³-hybridized carbons (Fsp3) is 0.167. The van der Waals surface area contributed by atoms with Crippen molar-refractivity contribution in [1.29, 1.82) is 0 Å². The summed E-state index contributed by atoms with van der Waals surface area (Å²) in [4.78, 5) is 26.8. The van der Waals surface area contributed by atoms with E-state index in [0.29, 0.717) is 22.2 Å². The first-order valence-electron chi connectivity index (χ1n) is 9.54. The van der Waals surface area contributed by atoms with Crippen LogP contribution in [0.5, 0.6) is 0 Å². The predicted molar refractivity (Wildman–Crippen MR) is 121 cm³/mol. The molecule has 1 saturated heterocycles. The summed E-state index contributed by atoms with van der Waals surface area (Å²) >= 11 is 12.1. The number of hydrogen-bond donors (Lipinski definition) is 1. The zero-order chi connectivity index (χ0) is 21.5. The van der Waals surface area contributed by atoms with Crippen molar-refractivity contribution < 1.29 is 9.59 Å². The lowest BCUT2D eigenvalue weighted by molar-refractivity contribution is -0.121. The van der Waals surface area contributed by atoms with E-state index in [9.17, 15) is 9.59 Å². The van der Waals surface area contributed by atoms with Crippen molar-refractivity contribution in [2.75, 3.05) is 4.90 Å². The second-order valence-electron chi connectivity index (χ2n) is 7.72. The van der Waals surface area contributed by atoms with E-state index in [1.807, 2.05) is 36.4 Å². The summed E-state index contributed by atoms with van der Waals surface area (Å²) in [5.41, 5.74) is 3.73. The van der Waals surface area contributed by atoms with Crippen LogP contribution in [0.3, 0.4) is 0 Å². The maximum atomic E-state index is 13.2. The molecule has 4 rings (SSSR count). The first kappa shape index (κ1) is 20.5. The summed E-state index contributed by atoms with van der Waals surface area (Å²) in [5, 5.41) is 3.54. The minimum absolute atomic E-state index is 0.339. The first-order chi connectivity index (χ1) is 14.3. The highest BCUT2D eigenvalue weighted by Crippen LogP contribution is 2.32. The number of aryl methyl sites for hydroxylation is 1. The van der Waals surface area contributed by atoms with Crippen molar-refractivity contribution in [1.82, 2.24) is 5.32 Å². The van der Waals surface area contributed by atoms with Gasteiger partial charge >= 0.3 is 6.03 Å². The van der Waals surface area contributed by atoms with Crippen LogP contribution in [0.2, 0.25) is 10.0 Å². The number of nitrogens with zero attached hydrogens (tertiary/aromatic N) is 1. The normalized spacial score (nSPS) is 18.6. The number of imide groups is 1. The molecule has 1 aliphatic heterocycles. The number of nitrogens with one attached hydrogen (secondary N) is 1. The number of rotatable bonds is 4. The van der Waals surface area contributed by atoms with Crippen LogP contribution < -0.4 is 10.2 Å². The molecule has 3 aromatic carbocycles. The molecule has 3 aromatic rings. The molecule has 1 N–H and O–H groups in total. The van der Waals surface area contributed by atoms with Gasteiger partial charge in [-0.05, 0) is 54.3 Å². The molecule has 1 aliphatic rings. The number of amides is 3. The highest BCUT2D eigenvalue weighted by atomic mass is 35.5. The summed E-state index contributed by atoms with van der Waals surface area (Å²) in [6.45, 7) is 3.81. The van der Waals surface area contributed by atoms with Gasteiger partial charge in [0.1, 0.15) is 5.54 Å². The summed E-state index contributed by atoms with van der Waals surface area (Å²) in [6.07, 6.45) is 0.371. The third-order valence-corrected chi connectivity index (χ3v) is 5.77. The van der Waals surface area contributed by atoms with E-state index in [1.54, 1.807) is 25.1 Å². The fourth-order valence-electron chi connectivity index (χ4n) is 3.81. The SMILES string of the molecule is Cc1ccccc1-c1ccc(CC2(C)NC(=O)N(c3cc(Cl)cc(Cl)c3)C2=O)cc1. The molecule has 152 valence electrons. The van der Waals surface area contributed by atoms with E-state index >= 15 is 0 Å². The number of carbonyl (C=O) groups is 2. The van der Waals surface area contributed by atoms with Gasteiger partial charge in [-0.25, -0.2) is 9.69 Å². The molecule has 0 radical (unpaired) electrons. The van der Waals surface area contributed by atoms with Gasteiger partial charge < -0.3 is 5.32 Å². The fourth-order valence-corrected chi connectivity index (χ4v) is 4.33. The number of hydrogen-bond acceptors (Lipinski definition) is 2. The molecule has 6 heteroatoms. The molecule has 0 saturated carbocycles. The van der Waals surface area contributed by atoms with Gasteiger partial charge in [-0.1, -0.05) is 71.7 Å². The lowest BCUT2D eigenvalue weighted by Gasteiger charge is -2.22. The van der Waals surface area contributed by atoms with Gasteiger partial charge in [-0.2, -0.15) is 0 Å². The van der Waals surface area contributed by atoms with Crippen LogP contribution in [0.1, 0.15) is 18.1 Å². The average molecular weight is 439 g/mol. The smallest absolute Gasteiger partial charge is 0.323 e. The molecular formula is C24H20Cl2N2O2. The molecule has 30 heavy (non-hydrogen) atoms. The molecular weight excluding hydrogens is 419 g/mol. The van der Waals surface area contributed by atoms with Crippen LogP contribution in [0.4, 0.5) is 10.5 Å². The van der Waals surface area contributed by atoms with Crippen molar-refractivity contribution in [3.8, 4) is 11.1 Å². The molecule has 0 spiro atoms. The molecule has 1 unspecified atom stereocenters. The van der Waals surface area contributed by atoms with Gasteiger partial charge in [0.25, 0.3) is 5.91 Å². The Hall–Kier alpha value is -2.82. The van der Waals surface area contributed by atoms with Crippen molar-refractivity contribution >= 4 is 40.8 Å². The number of anilines is 1. The van der Waals surface area contributed by atoms with Gasteiger partial charge in [0.2, 0.25) is 0 Å². The Kier molecular flexibility index (Phi) is 5.31. The maximum absolute atomic E-state index is 13.2. The lowest BCUT2D eigenvalue weighted by Crippen LogP contribution is -2.46. The molecule has 1 fully saturated rings. The quantitative estimate of drug-likeness (QED) is 0.505. The summed E-state index contributed by atoms with van der Waals surface area (Å²) < 4.78 is 0. The van der Waals surface area contributed by atoms with E-state index in [0.717, 1.165) is 16.0 Å². The molecule has 1 heterocycles. The number of benzene rings is 3.